The molecule has 1 aromatic carbocycles. The molecule has 1 fully saturated rings. The molecule has 1 aliphatic heterocycles. The average Bonchev–Trinajstić information content (AvgIpc) is 3.27. The molecule has 1 aromatic rings. The van der Waals surface area contributed by atoms with Crippen molar-refractivity contribution in [3.05, 3.63) is 23.8 Å². The van der Waals surface area contributed by atoms with Gasteiger partial charge in [-0.2, -0.15) is 0 Å². The van der Waals surface area contributed by atoms with E-state index in [9.17, 15) is 4.79 Å². The molecule has 2 aliphatic rings. The maximum absolute atomic E-state index is 12.3. The highest BCUT2D eigenvalue weighted by Crippen LogP contribution is 2.42. The Balaban J connectivity index is 1.96. The molecule has 0 saturated heterocycles. The molecule has 1 aliphatic carbocycles. The smallest absolute Gasteiger partial charge is 0.267 e. The summed E-state index contributed by atoms with van der Waals surface area (Å²) in [6.07, 6.45) is 2.95. The quantitative estimate of drug-likeness (QED) is 0.918. The molecule has 1 amide bonds. The van der Waals surface area contributed by atoms with Gasteiger partial charge in [0.05, 0.1) is 5.69 Å². The molecule has 0 spiro atoms. The molecule has 0 aromatic heterocycles. The standard InChI is InChI=1S/C16H22N2O2/c1-3-8-18-13-9-12(15(17)11-4-5-11)6-7-14(13)20-10(2)16(18)19/h6-7,9-11,15H,3-5,8,17H2,1-2H3. The highest BCUT2D eigenvalue weighted by atomic mass is 16.5. The number of carbonyl (C=O) groups excluding carboxylic acids is 1. The molecule has 4 heteroatoms. The zero-order chi connectivity index (χ0) is 14.3. The number of amides is 1. The maximum Gasteiger partial charge on any atom is 0.267 e. The third-order valence-electron chi connectivity index (χ3n) is 4.15. The lowest BCUT2D eigenvalue weighted by Crippen LogP contribution is -2.44. The summed E-state index contributed by atoms with van der Waals surface area (Å²) in [6.45, 7) is 4.60. The highest BCUT2D eigenvalue weighted by molar-refractivity contribution is 5.99. The number of anilines is 1. The first-order chi connectivity index (χ1) is 9.61. The Kier molecular flexibility index (Phi) is 3.42. The fraction of sp³-hybridized carbons (Fsp3) is 0.562. The van der Waals surface area contributed by atoms with Crippen LogP contribution in [-0.2, 0) is 4.79 Å². The summed E-state index contributed by atoms with van der Waals surface area (Å²) in [5.74, 6) is 1.43. The Morgan fingerprint density at radius 2 is 2.20 bits per heavy atom. The Morgan fingerprint density at radius 1 is 1.45 bits per heavy atom. The molecule has 2 atom stereocenters. The van der Waals surface area contributed by atoms with Crippen LogP contribution in [0.5, 0.6) is 5.75 Å². The molecule has 1 saturated carbocycles. The van der Waals surface area contributed by atoms with E-state index in [1.165, 1.54) is 12.8 Å². The lowest BCUT2D eigenvalue weighted by atomic mass is 10.0. The molecule has 20 heavy (non-hydrogen) atoms. The minimum absolute atomic E-state index is 0.0384. The minimum atomic E-state index is -0.406. The lowest BCUT2D eigenvalue weighted by Gasteiger charge is -2.33. The largest absolute Gasteiger partial charge is 0.479 e. The topological polar surface area (TPSA) is 55.6 Å². The van der Waals surface area contributed by atoms with Crippen LogP contribution in [0, 0.1) is 5.92 Å². The summed E-state index contributed by atoms with van der Waals surface area (Å²) in [5.41, 5.74) is 8.26. The second kappa shape index (κ2) is 5.09. The number of fused-ring (bicyclic) bond motifs is 1. The van der Waals surface area contributed by atoms with E-state index in [2.05, 4.69) is 6.92 Å². The van der Waals surface area contributed by atoms with Gasteiger partial charge in [0.15, 0.2) is 6.10 Å². The Bertz CT molecular complexity index is 525. The summed E-state index contributed by atoms with van der Waals surface area (Å²) in [6, 6.07) is 6.11. The number of hydrogen-bond acceptors (Lipinski definition) is 3. The number of benzene rings is 1. The van der Waals surface area contributed by atoms with E-state index < -0.39 is 6.10 Å². The van der Waals surface area contributed by atoms with Gasteiger partial charge in [-0.25, -0.2) is 0 Å². The summed E-state index contributed by atoms with van der Waals surface area (Å²) >= 11 is 0. The van der Waals surface area contributed by atoms with Gasteiger partial charge in [0, 0.05) is 12.6 Å². The van der Waals surface area contributed by atoms with Crippen molar-refractivity contribution in [2.24, 2.45) is 11.7 Å². The van der Waals surface area contributed by atoms with Crippen molar-refractivity contribution in [3.8, 4) is 5.75 Å². The van der Waals surface area contributed by atoms with Gasteiger partial charge in [-0.15, -0.1) is 0 Å². The van der Waals surface area contributed by atoms with E-state index in [1.807, 2.05) is 23.1 Å². The van der Waals surface area contributed by atoms with E-state index in [0.29, 0.717) is 5.92 Å². The summed E-state index contributed by atoms with van der Waals surface area (Å²) in [4.78, 5) is 14.1. The summed E-state index contributed by atoms with van der Waals surface area (Å²) in [5, 5.41) is 0. The molecule has 3 rings (SSSR count). The molecule has 108 valence electrons. The number of nitrogens with zero attached hydrogens (tertiary/aromatic N) is 1. The van der Waals surface area contributed by atoms with Crippen LogP contribution in [0.2, 0.25) is 0 Å². The SMILES string of the molecule is CCCN1C(=O)C(C)Oc2ccc(C(N)C3CC3)cc21. The van der Waals surface area contributed by atoms with Crippen molar-refractivity contribution in [2.45, 2.75) is 45.3 Å². The van der Waals surface area contributed by atoms with Crippen molar-refractivity contribution in [3.63, 3.8) is 0 Å². The molecule has 0 bridgehead atoms. The van der Waals surface area contributed by atoms with Gasteiger partial charge in [-0.05, 0) is 49.8 Å². The first-order valence-corrected chi connectivity index (χ1v) is 7.49. The number of nitrogens with two attached hydrogens (primary N) is 1. The molecule has 2 unspecified atom stereocenters. The number of ether oxygens (including phenoxy) is 1. The van der Waals surface area contributed by atoms with Crippen LogP contribution in [-0.4, -0.2) is 18.6 Å². The van der Waals surface area contributed by atoms with E-state index >= 15 is 0 Å². The van der Waals surface area contributed by atoms with Crippen molar-refractivity contribution in [1.82, 2.24) is 0 Å². The fourth-order valence-corrected chi connectivity index (χ4v) is 2.81. The van der Waals surface area contributed by atoms with Crippen molar-refractivity contribution >= 4 is 11.6 Å². The predicted molar refractivity (Wildman–Crippen MR) is 78.8 cm³/mol. The van der Waals surface area contributed by atoms with Crippen LogP contribution in [0.4, 0.5) is 5.69 Å². The molecular weight excluding hydrogens is 252 g/mol. The molecule has 2 N–H and O–H groups in total. The minimum Gasteiger partial charge on any atom is -0.479 e. The Hall–Kier alpha value is -1.55. The zero-order valence-electron chi connectivity index (χ0n) is 12.1. The van der Waals surface area contributed by atoms with Crippen LogP contribution < -0.4 is 15.4 Å². The van der Waals surface area contributed by atoms with Gasteiger partial charge in [0.1, 0.15) is 5.75 Å². The predicted octanol–water partition coefficient (Wildman–Crippen LogP) is 2.62. The summed E-state index contributed by atoms with van der Waals surface area (Å²) in [7, 11) is 0. The third kappa shape index (κ3) is 2.29. The second-order valence-corrected chi connectivity index (χ2v) is 5.84. The van der Waals surface area contributed by atoms with Crippen LogP contribution in [0.3, 0.4) is 0 Å². The first-order valence-electron chi connectivity index (χ1n) is 7.49. The second-order valence-electron chi connectivity index (χ2n) is 5.84. The van der Waals surface area contributed by atoms with Crippen LogP contribution in [0.15, 0.2) is 18.2 Å². The first kappa shape index (κ1) is 13.4. The normalized spacial score (nSPS) is 23.2. The maximum atomic E-state index is 12.3. The van der Waals surface area contributed by atoms with Gasteiger partial charge >= 0.3 is 0 Å². The summed E-state index contributed by atoms with van der Waals surface area (Å²) < 4.78 is 5.70. The average molecular weight is 274 g/mol. The zero-order valence-corrected chi connectivity index (χ0v) is 12.1. The van der Waals surface area contributed by atoms with Crippen LogP contribution in [0.1, 0.15) is 44.7 Å². The van der Waals surface area contributed by atoms with Crippen LogP contribution >= 0.6 is 0 Å². The van der Waals surface area contributed by atoms with Crippen molar-refractivity contribution in [1.29, 1.82) is 0 Å². The third-order valence-corrected chi connectivity index (χ3v) is 4.15. The van der Waals surface area contributed by atoms with E-state index in [0.717, 1.165) is 30.0 Å². The number of carbonyl (C=O) groups is 1. The van der Waals surface area contributed by atoms with Crippen molar-refractivity contribution in [2.75, 3.05) is 11.4 Å². The van der Waals surface area contributed by atoms with E-state index in [1.54, 1.807) is 6.92 Å². The monoisotopic (exact) mass is 274 g/mol. The van der Waals surface area contributed by atoms with E-state index in [4.69, 9.17) is 10.5 Å². The molecular formula is C16H22N2O2. The van der Waals surface area contributed by atoms with Gasteiger partial charge in [-0.1, -0.05) is 13.0 Å². The van der Waals surface area contributed by atoms with E-state index in [-0.39, 0.29) is 11.9 Å². The highest BCUT2D eigenvalue weighted by Gasteiger charge is 2.33. The molecule has 0 radical (unpaired) electrons. The van der Waals surface area contributed by atoms with Crippen molar-refractivity contribution < 1.29 is 9.53 Å². The van der Waals surface area contributed by atoms with Gasteiger partial charge in [0.2, 0.25) is 0 Å². The Labute approximate surface area is 119 Å². The van der Waals surface area contributed by atoms with Crippen LogP contribution in [0.25, 0.3) is 0 Å². The number of hydrogen-bond donors (Lipinski definition) is 1. The number of rotatable bonds is 4. The Morgan fingerprint density at radius 3 is 2.85 bits per heavy atom. The van der Waals surface area contributed by atoms with Gasteiger partial charge in [-0.3, -0.25) is 4.79 Å². The van der Waals surface area contributed by atoms with Gasteiger partial charge in [0.25, 0.3) is 5.91 Å². The van der Waals surface area contributed by atoms with Gasteiger partial charge < -0.3 is 15.4 Å². The molecule has 1 heterocycles. The fourth-order valence-electron chi connectivity index (χ4n) is 2.81. The lowest BCUT2D eigenvalue weighted by molar-refractivity contribution is -0.125. The molecule has 4 nitrogen and oxygen atoms in total.